The van der Waals surface area contributed by atoms with Crippen LogP contribution in [0.4, 0.5) is 0 Å². The Kier molecular flexibility index (Phi) is 7.18. The molecule has 0 rings (SSSR count). The third-order valence-electron chi connectivity index (χ3n) is 2.66. The van der Waals surface area contributed by atoms with Gasteiger partial charge in [-0.15, -0.1) is 0 Å². The molecule has 0 fully saturated rings. The third-order valence-corrected chi connectivity index (χ3v) is 4.45. The fraction of sp³-hybridized carbons (Fsp3) is 1.00. The van der Waals surface area contributed by atoms with Crippen LogP contribution in [0.25, 0.3) is 0 Å². The first kappa shape index (κ1) is 14.9. The molecular weight excluding hydrogens is 212 g/mol. The molecule has 0 radical (unpaired) electrons. The molecule has 1 unspecified atom stereocenters. The Morgan fingerprint density at radius 2 is 1.73 bits per heavy atom. The fourth-order valence-corrected chi connectivity index (χ4v) is 2.26. The molecule has 0 aliphatic rings. The second kappa shape index (κ2) is 7.23. The van der Waals surface area contributed by atoms with Crippen LogP contribution in [0.3, 0.4) is 0 Å². The Bertz CT molecular complexity index is 245. The largest absolute Gasteiger partial charge is 0.393 e. The summed E-state index contributed by atoms with van der Waals surface area (Å²) in [7, 11) is -2.80. The molecule has 3 nitrogen and oxygen atoms in total. The van der Waals surface area contributed by atoms with E-state index in [4.69, 9.17) is 0 Å². The van der Waals surface area contributed by atoms with Crippen LogP contribution in [-0.2, 0) is 9.84 Å². The number of aliphatic hydroxyl groups excluding tert-OH is 1. The molecule has 4 heteroatoms. The Balaban J connectivity index is 3.49. The second-order valence-electron chi connectivity index (χ2n) is 4.40. The van der Waals surface area contributed by atoms with E-state index in [1.54, 1.807) is 6.92 Å². The summed E-state index contributed by atoms with van der Waals surface area (Å²) in [5.74, 6) is 0.826. The lowest BCUT2D eigenvalue weighted by Gasteiger charge is -2.13. The average Bonchev–Trinajstić information content (AvgIpc) is 2.16. The Morgan fingerprint density at radius 1 is 1.13 bits per heavy atom. The summed E-state index contributed by atoms with van der Waals surface area (Å²) in [6.45, 7) is 5.66. The highest BCUT2D eigenvalue weighted by atomic mass is 32.2. The zero-order chi connectivity index (χ0) is 11.9. The summed E-state index contributed by atoms with van der Waals surface area (Å²) >= 11 is 0. The van der Waals surface area contributed by atoms with Crippen LogP contribution in [0.2, 0.25) is 0 Å². The van der Waals surface area contributed by atoms with Gasteiger partial charge in [0.2, 0.25) is 0 Å². The van der Waals surface area contributed by atoms with Crippen LogP contribution in [0.5, 0.6) is 0 Å². The van der Waals surface area contributed by atoms with Gasteiger partial charge in [0.1, 0.15) is 9.84 Å². The van der Waals surface area contributed by atoms with Crippen molar-refractivity contribution in [3.05, 3.63) is 0 Å². The van der Waals surface area contributed by atoms with E-state index in [1.165, 1.54) is 0 Å². The van der Waals surface area contributed by atoms with Crippen LogP contribution in [0.15, 0.2) is 0 Å². The SMILES string of the molecule is CCS(=O)(=O)CCCCCC(O)C(C)C. The molecule has 0 bridgehead atoms. The molecule has 0 aliphatic heterocycles. The van der Waals surface area contributed by atoms with Crippen molar-refractivity contribution < 1.29 is 13.5 Å². The van der Waals surface area contributed by atoms with Crippen LogP contribution in [-0.4, -0.2) is 31.1 Å². The number of unbranched alkanes of at least 4 members (excludes halogenated alkanes) is 2. The molecular formula is C11H24O3S. The van der Waals surface area contributed by atoms with Crippen molar-refractivity contribution in [3.8, 4) is 0 Å². The molecule has 15 heavy (non-hydrogen) atoms. The van der Waals surface area contributed by atoms with Gasteiger partial charge in [0, 0.05) is 5.75 Å². The van der Waals surface area contributed by atoms with Gasteiger partial charge in [-0.25, -0.2) is 8.42 Å². The topological polar surface area (TPSA) is 54.4 Å². The maximum atomic E-state index is 11.2. The number of hydrogen-bond acceptors (Lipinski definition) is 3. The minimum Gasteiger partial charge on any atom is -0.393 e. The van der Waals surface area contributed by atoms with Crippen LogP contribution < -0.4 is 0 Å². The molecule has 0 aromatic carbocycles. The molecule has 0 heterocycles. The van der Waals surface area contributed by atoms with Crippen molar-refractivity contribution in [2.45, 2.75) is 52.6 Å². The van der Waals surface area contributed by atoms with E-state index in [1.807, 2.05) is 13.8 Å². The maximum Gasteiger partial charge on any atom is 0.150 e. The predicted octanol–water partition coefficient (Wildman–Crippen LogP) is 2.00. The molecule has 0 saturated heterocycles. The van der Waals surface area contributed by atoms with Crippen LogP contribution in [0.1, 0.15) is 46.5 Å². The first-order chi connectivity index (χ1) is 6.89. The number of aliphatic hydroxyl groups is 1. The van der Waals surface area contributed by atoms with E-state index in [0.29, 0.717) is 11.7 Å². The summed E-state index contributed by atoms with van der Waals surface area (Å²) in [4.78, 5) is 0. The van der Waals surface area contributed by atoms with Gasteiger partial charge in [0.05, 0.1) is 11.9 Å². The van der Waals surface area contributed by atoms with Crippen LogP contribution in [0, 0.1) is 5.92 Å². The predicted molar refractivity (Wildman–Crippen MR) is 63.6 cm³/mol. The van der Waals surface area contributed by atoms with Gasteiger partial charge in [0.15, 0.2) is 0 Å². The van der Waals surface area contributed by atoms with E-state index >= 15 is 0 Å². The summed E-state index contributed by atoms with van der Waals surface area (Å²) in [5.41, 5.74) is 0. The van der Waals surface area contributed by atoms with Crippen molar-refractivity contribution in [2.75, 3.05) is 11.5 Å². The Morgan fingerprint density at radius 3 is 2.20 bits per heavy atom. The van der Waals surface area contributed by atoms with Gasteiger partial charge < -0.3 is 5.11 Å². The molecule has 0 aromatic rings. The van der Waals surface area contributed by atoms with Crippen LogP contribution >= 0.6 is 0 Å². The standard InChI is InChI=1S/C11H24O3S/c1-4-15(13,14)9-7-5-6-8-11(12)10(2)3/h10-12H,4-9H2,1-3H3. The Labute approximate surface area is 93.8 Å². The van der Waals surface area contributed by atoms with Gasteiger partial charge in [-0.05, 0) is 18.8 Å². The van der Waals surface area contributed by atoms with E-state index in [9.17, 15) is 13.5 Å². The Hall–Kier alpha value is -0.0900. The molecule has 0 amide bonds. The van der Waals surface area contributed by atoms with E-state index in [2.05, 4.69) is 0 Å². The van der Waals surface area contributed by atoms with Crippen molar-refractivity contribution in [3.63, 3.8) is 0 Å². The van der Waals surface area contributed by atoms with Gasteiger partial charge in [-0.1, -0.05) is 33.6 Å². The van der Waals surface area contributed by atoms with Gasteiger partial charge in [-0.2, -0.15) is 0 Å². The van der Waals surface area contributed by atoms with E-state index in [-0.39, 0.29) is 11.9 Å². The minimum absolute atomic E-state index is 0.238. The summed E-state index contributed by atoms with van der Waals surface area (Å²) in [6, 6.07) is 0. The summed E-state index contributed by atoms with van der Waals surface area (Å²) < 4.78 is 22.3. The lowest BCUT2D eigenvalue weighted by Crippen LogP contribution is -2.14. The van der Waals surface area contributed by atoms with Gasteiger partial charge in [-0.3, -0.25) is 0 Å². The first-order valence-electron chi connectivity index (χ1n) is 5.77. The smallest absolute Gasteiger partial charge is 0.150 e. The summed E-state index contributed by atoms with van der Waals surface area (Å²) in [6.07, 6.45) is 3.07. The highest BCUT2D eigenvalue weighted by Gasteiger charge is 2.09. The zero-order valence-corrected chi connectivity index (χ0v) is 10.9. The van der Waals surface area contributed by atoms with Crippen molar-refractivity contribution in [1.29, 1.82) is 0 Å². The van der Waals surface area contributed by atoms with Crippen molar-refractivity contribution in [1.82, 2.24) is 0 Å². The molecule has 1 atom stereocenters. The quantitative estimate of drug-likeness (QED) is 0.656. The minimum atomic E-state index is -2.80. The fourth-order valence-electron chi connectivity index (χ4n) is 1.33. The second-order valence-corrected chi connectivity index (χ2v) is 6.87. The molecule has 0 aromatic heterocycles. The van der Waals surface area contributed by atoms with E-state index in [0.717, 1.165) is 25.7 Å². The highest BCUT2D eigenvalue weighted by molar-refractivity contribution is 7.91. The van der Waals surface area contributed by atoms with Gasteiger partial charge in [0.25, 0.3) is 0 Å². The number of sulfone groups is 1. The molecule has 0 aliphatic carbocycles. The van der Waals surface area contributed by atoms with Gasteiger partial charge >= 0.3 is 0 Å². The van der Waals surface area contributed by atoms with Crippen molar-refractivity contribution in [2.24, 2.45) is 5.92 Å². The van der Waals surface area contributed by atoms with E-state index < -0.39 is 9.84 Å². The number of hydrogen-bond donors (Lipinski definition) is 1. The third kappa shape index (κ3) is 7.79. The molecule has 0 saturated carbocycles. The monoisotopic (exact) mass is 236 g/mol. The van der Waals surface area contributed by atoms with Crippen molar-refractivity contribution >= 4 is 9.84 Å². The lowest BCUT2D eigenvalue weighted by atomic mass is 10.0. The normalized spacial score (nSPS) is 14.5. The first-order valence-corrected chi connectivity index (χ1v) is 7.59. The maximum absolute atomic E-state index is 11.2. The molecule has 92 valence electrons. The molecule has 0 spiro atoms. The number of rotatable bonds is 8. The lowest BCUT2D eigenvalue weighted by molar-refractivity contribution is 0.113. The zero-order valence-electron chi connectivity index (χ0n) is 10.1. The summed E-state index contributed by atoms with van der Waals surface area (Å²) in [5, 5.41) is 9.51. The highest BCUT2D eigenvalue weighted by Crippen LogP contribution is 2.11. The molecule has 1 N–H and O–H groups in total. The average molecular weight is 236 g/mol.